The molecular weight excluding hydrogens is 329 g/mol. The van der Waals surface area contributed by atoms with Crippen LogP contribution in [0, 0.1) is 12.7 Å². The van der Waals surface area contributed by atoms with Crippen molar-refractivity contribution in [3.63, 3.8) is 0 Å². The van der Waals surface area contributed by atoms with Gasteiger partial charge in [-0.05, 0) is 67.3 Å². The van der Waals surface area contributed by atoms with E-state index in [0.717, 1.165) is 24.1 Å². The summed E-state index contributed by atoms with van der Waals surface area (Å²) in [7, 11) is -3.28. The van der Waals surface area contributed by atoms with Crippen molar-refractivity contribution in [2.75, 3.05) is 17.7 Å². The second-order valence-electron chi connectivity index (χ2n) is 6.09. The molecule has 0 aromatic heterocycles. The van der Waals surface area contributed by atoms with Crippen molar-refractivity contribution in [1.82, 2.24) is 0 Å². The van der Waals surface area contributed by atoms with E-state index < -0.39 is 9.84 Å². The van der Waals surface area contributed by atoms with Crippen LogP contribution in [0.5, 0.6) is 0 Å². The van der Waals surface area contributed by atoms with Crippen LogP contribution in [0.3, 0.4) is 0 Å². The van der Waals surface area contributed by atoms with Gasteiger partial charge < -0.3 is 4.90 Å². The first kappa shape index (κ1) is 16.6. The fourth-order valence-electron chi connectivity index (χ4n) is 2.95. The van der Waals surface area contributed by atoms with E-state index in [9.17, 15) is 17.6 Å². The zero-order valence-corrected chi connectivity index (χ0v) is 14.4. The summed E-state index contributed by atoms with van der Waals surface area (Å²) in [6, 6.07) is 9.15. The van der Waals surface area contributed by atoms with E-state index in [1.165, 1.54) is 30.5 Å². The van der Waals surface area contributed by atoms with Crippen LogP contribution in [0.15, 0.2) is 41.3 Å². The van der Waals surface area contributed by atoms with E-state index in [-0.39, 0.29) is 16.6 Å². The molecule has 0 spiro atoms. The Kier molecular flexibility index (Phi) is 4.17. The molecule has 1 heterocycles. The van der Waals surface area contributed by atoms with Crippen LogP contribution in [0.25, 0.3) is 0 Å². The number of aryl methyl sites for hydroxylation is 2. The average molecular weight is 347 g/mol. The van der Waals surface area contributed by atoms with E-state index in [1.54, 1.807) is 24.0 Å². The van der Waals surface area contributed by atoms with Crippen molar-refractivity contribution in [1.29, 1.82) is 0 Å². The van der Waals surface area contributed by atoms with Crippen molar-refractivity contribution >= 4 is 21.4 Å². The first-order chi connectivity index (χ1) is 11.3. The van der Waals surface area contributed by atoms with Gasteiger partial charge >= 0.3 is 0 Å². The van der Waals surface area contributed by atoms with Gasteiger partial charge in [-0.25, -0.2) is 12.8 Å². The van der Waals surface area contributed by atoms with Gasteiger partial charge in [0.25, 0.3) is 5.91 Å². The van der Waals surface area contributed by atoms with Gasteiger partial charge in [0.15, 0.2) is 9.84 Å². The molecule has 0 bridgehead atoms. The molecule has 24 heavy (non-hydrogen) atoms. The number of halogens is 1. The number of rotatable bonds is 2. The Morgan fingerprint density at radius 3 is 2.58 bits per heavy atom. The maximum absolute atomic E-state index is 13.4. The third-order valence-corrected chi connectivity index (χ3v) is 5.36. The van der Waals surface area contributed by atoms with Crippen LogP contribution < -0.4 is 4.90 Å². The Morgan fingerprint density at radius 1 is 1.17 bits per heavy atom. The molecule has 1 aliphatic rings. The largest absolute Gasteiger partial charge is 0.308 e. The number of benzene rings is 2. The minimum Gasteiger partial charge on any atom is -0.308 e. The molecule has 0 saturated carbocycles. The number of carbonyl (C=O) groups excluding carboxylic acids is 1. The number of hydrogen-bond acceptors (Lipinski definition) is 3. The van der Waals surface area contributed by atoms with Crippen molar-refractivity contribution in [3.8, 4) is 0 Å². The van der Waals surface area contributed by atoms with Gasteiger partial charge in [-0.1, -0.05) is 0 Å². The van der Waals surface area contributed by atoms with Crippen molar-refractivity contribution in [3.05, 3.63) is 58.9 Å². The molecule has 0 atom stereocenters. The predicted octanol–water partition coefficient (Wildman–Crippen LogP) is 3.13. The number of hydrogen-bond donors (Lipinski definition) is 0. The highest BCUT2D eigenvalue weighted by Crippen LogP contribution is 2.30. The number of sulfone groups is 1. The van der Waals surface area contributed by atoms with E-state index in [2.05, 4.69) is 0 Å². The smallest absolute Gasteiger partial charge is 0.258 e. The van der Waals surface area contributed by atoms with Crippen LogP contribution in [0.4, 0.5) is 10.1 Å². The molecule has 2 aromatic carbocycles. The molecule has 0 radical (unpaired) electrons. The second-order valence-corrected chi connectivity index (χ2v) is 8.10. The van der Waals surface area contributed by atoms with E-state index in [1.807, 2.05) is 0 Å². The monoisotopic (exact) mass is 347 g/mol. The molecule has 1 aliphatic heterocycles. The number of amides is 1. The highest BCUT2D eigenvalue weighted by atomic mass is 32.2. The third kappa shape index (κ3) is 3.06. The van der Waals surface area contributed by atoms with Crippen LogP contribution in [-0.4, -0.2) is 27.1 Å². The maximum atomic E-state index is 13.4. The summed E-state index contributed by atoms with van der Waals surface area (Å²) in [5.41, 5.74) is 2.41. The summed E-state index contributed by atoms with van der Waals surface area (Å²) in [6.45, 7) is 2.18. The van der Waals surface area contributed by atoms with Gasteiger partial charge in [0.05, 0.1) is 4.90 Å². The lowest BCUT2D eigenvalue weighted by atomic mass is 10.0. The first-order valence-electron chi connectivity index (χ1n) is 7.68. The molecule has 2 aromatic rings. The number of carbonyl (C=O) groups is 1. The Hall–Kier alpha value is -2.21. The second kappa shape index (κ2) is 6.02. The van der Waals surface area contributed by atoms with Crippen molar-refractivity contribution < 1.29 is 17.6 Å². The summed E-state index contributed by atoms with van der Waals surface area (Å²) in [5.74, 6) is -0.547. The van der Waals surface area contributed by atoms with Crippen molar-refractivity contribution in [2.24, 2.45) is 0 Å². The SMILES string of the molecule is Cc1cc(C(=O)N2CCCc3cc(S(C)(=O)=O)ccc32)ccc1F. The lowest BCUT2D eigenvalue weighted by Crippen LogP contribution is -2.35. The van der Waals surface area contributed by atoms with Crippen LogP contribution in [-0.2, 0) is 16.3 Å². The number of nitrogens with zero attached hydrogens (tertiary/aromatic N) is 1. The average Bonchev–Trinajstić information content (AvgIpc) is 2.55. The quantitative estimate of drug-likeness (QED) is 0.839. The molecule has 0 saturated heterocycles. The highest BCUT2D eigenvalue weighted by molar-refractivity contribution is 7.90. The Morgan fingerprint density at radius 2 is 1.92 bits per heavy atom. The number of fused-ring (bicyclic) bond motifs is 1. The van der Waals surface area contributed by atoms with E-state index in [4.69, 9.17) is 0 Å². The van der Waals surface area contributed by atoms with Crippen LogP contribution >= 0.6 is 0 Å². The molecular formula is C18H18FNO3S. The van der Waals surface area contributed by atoms with Gasteiger partial charge in [0.1, 0.15) is 5.82 Å². The van der Waals surface area contributed by atoms with E-state index in [0.29, 0.717) is 17.7 Å². The molecule has 0 unspecified atom stereocenters. The third-order valence-electron chi connectivity index (χ3n) is 4.25. The van der Waals surface area contributed by atoms with Crippen LogP contribution in [0.1, 0.15) is 27.9 Å². The maximum Gasteiger partial charge on any atom is 0.258 e. The lowest BCUT2D eigenvalue weighted by Gasteiger charge is -2.30. The highest BCUT2D eigenvalue weighted by Gasteiger charge is 2.25. The van der Waals surface area contributed by atoms with Gasteiger partial charge in [-0.3, -0.25) is 4.79 Å². The Bertz CT molecular complexity index is 922. The first-order valence-corrected chi connectivity index (χ1v) is 9.57. The lowest BCUT2D eigenvalue weighted by molar-refractivity contribution is 0.0985. The Balaban J connectivity index is 2.00. The molecule has 6 heteroatoms. The predicted molar refractivity (Wildman–Crippen MR) is 90.7 cm³/mol. The standard InChI is InChI=1S/C18H18FNO3S/c1-12-10-14(5-7-16(12)19)18(21)20-9-3-4-13-11-15(24(2,22)23)6-8-17(13)20/h5-8,10-11H,3-4,9H2,1-2H3. The fourth-order valence-corrected chi connectivity index (χ4v) is 3.62. The zero-order chi connectivity index (χ0) is 17.5. The molecule has 0 N–H and O–H groups in total. The summed E-state index contributed by atoms with van der Waals surface area (Å²) >= 11 is 0. The summed E-state index contributed by atoms with van der Waals surface area (Å²) in [6.07, 6.45) is 2.65. The topological polar surface area (TPSA) is 54.5 Å². The minimum absolute atomic E-state index is 0.203. The van der Waals surface area contributed by atoms with Crippen molar-refractivity contribution in [2.45, 2.75) is 24.7 Å². The summed E-state index contributed by atoms with van der Waals surface area (Å²) in [5, 5.41) is 0. The number of anilines is 1. The molecule has 0 fully saturated rings. The Labute approximate surface area is 140 Å². The molecule has 3 rings (SSSR count). The molecule has 4 nitrogen and oxygen atoms in total. The summed E-state index contributed by atoms with van der Waals surface area (Å²) in [4.78, 5) is 14.7. The molecule has 0 aliphatic carbocycles. The van der Waals surface area contributed by atoms with Gasteiger partial charge in [-0.2, -0.15) is 0 Å². The normalized spacial score (nSPS) is 14.4. The van der Waals surface area contributed by atoms with E-state index >= 15 is 0 Å². The van der Waals surface area contributed by atoms with Crippen LogP contribution in [0.2, 0.25) is 0 Å². The fraction of sp³-hybridized carbons (Fsp3) is 0.278. The van der Waals surface area contributed by atoms with Gasteiger partial charge in [0.2, 0.25) is 0 Å². The summed E-state index contributed by atoms with van der Waals surface area (Å²) < 4.78 is 36.8. The zero-order valence-electron chi connectivity index (χ0n) is 13.5. The molecule has 1 amide bonds. The minimum atomic E-state index is -3.28. The van der Waals surface area contributed by atoms with Gasteiger partial charge in [-0.15, -0.1) is 0 Å². The molecule has 126 valence electrons. The van der Waals surface area contributed by atoms with Gasteiger partial charge in [0, 0.05) is 24.1 Å².